The normalized spacial score (nSPS) is 12.1. The lowest BCUT2D eigenvalue weighted by molar-refractivity contribution is 0.279. The predicted octanol–water partition coefficient (Wildman–Crippen LogP) is 4.36. The molecule has 0 aliphatic rings. The minimum atomic E-state index is -4.30. The van der Waals surface area contributed by atoms with Gasteiger partial charge in [0.2, 0.25) is 3.79 Å². The van der Waals surface area contributed by atoms with Crippen molar-refractivity contribution in [2.75, 3.05) is 6.61 Å². The molecular formula is C14H11Cl3O4S. The first-order valence-corrected chi connectivity index (χ1v) is 8.53. The standard InChI is InChI=1S/C14H11Cl3O4S/c15-14(16,17)10-20-22(18,19)21-13-8-6-12(7-9-13)11-4-2-1-3-5-11/h1-9H,10H2. The molecule has 0 saturated carbocycles. The molecule has 2 aromatic rings. The number of halogens is 3. The maximum absolute atomic E-state index is 11.6. The summed E-state index contributed by atoms with van der Waals surface area (Å²) in [6.07, 6.45) is 0. The smallest absolute Gasteiger partial charge is 0.362 e. The third kappa shape index (κ3) is 5.66. The van der Waals surface area contributed by atoms with E-state index in [9.17, 15) is 8.42 Å². The molecule has 0 aliphatic heterocycles. The van der Waals surface area contributed by atoms with Crippen LogP contribution < -0.4 is 4.18 Å². The molecule has 22 heavy (non-hydrogen) atoms. The third-order valence-corrected chi connectivity index (χ3v) is 3.66. The molecule has 118 valence electrons. The summed E-state index contributed by atoms with van der Waals surface area (Å²) >= 11 is 16.3. The molecule has 0 unspecified atom stereocenters. The second-order valence-electron chi connectivity index (χ2n) is 4.26. The van der Waals surface area contributed by atoms with E-state index in [2.05, 4.69) is 4.18 Å². The van der Waals surface area contributed by atoms with Crippen molar-refractivity contribution in [3.05, 3.63) is 54.6 Å². The highest BCUT2D eigenvalue weighted by Gasteiger charge is 2.25. The first-order valence-electron chi connectivity index (χ1n) is 6.06. The molecule has 2 aromatic carbocycles. The van der Waals surface area contributed by atoms with Gasteiger partial charge in [-0.25, -0.2) is 4.18 Å². The van der Waals surface area contributed by atoms with E-state index in [-0.39, 0.29) is 5.75 Å². The van der Waals surface area contributed by atoms with Gasteiger partial charge in [-0.05, 0) is 23.3 Å². The maximum Gasteiger partial charge on any atom is 0.449 e. The molecule has 0 aromatic heterocycles. The van der Waals surface area contributed by atoms with Crippen molar-refractivity contribution in [1.29, 1.82) is 0 Å². The Bertz CT molecular complexity index is 710. The summed E-state index contributed by atoms with van der Waals surface area (Å²) in [4.78, 5) is 0. The van der Waals surface area contributed by atoms with Gasteiger partial charge in [-0.15, -0.1) is 0 Å². The molecule has 0 spiro atoms. The van der Waals surface area contributed by atoms with Crippen molar-refractivity contribution in [1.82, 2.24) is 0 Å². The van der Waals surface area contributed by atoms with Gasteiger partial charge in [0.15, 0.2) is 0 Å². The van der Waals surface area contributed by atoms with Gasteiger partial charge in [0.1, 0.15) is 12.4 Å². The Kier molecular flexibility index (Phi) is 5.58. The van der Waals surface area contributed by atoms with Crippen LogP contribution in [0.5, 0.6) is 5.75 Å². The van der Waals surface area contributed by atoms with Gasteiger partial charge in [0.05, 0.1) is 0 Å². The number of benzene rings is 2. The van der Waals surface area contributed by atoms with Gasteiger partial charge >= 0.3 is 10.4 Å². The maximum atomic E-state index is 11.6. The quantitative estimate of drug-likeness (QED) is 0.722. The highest BCUT2D eigenvalue weighted by Crippen LogP contribution is 2.27. The molecule has 0 bridgehead atoms. The fraction of sp³-hybridized carbons (Fsp3) is 0.143. The summed E-state index contributed by atoms with van der Waals surface area (Å²) in [5.41, 5.74) is 1.93. The summed E-state index contributed by atoms with van der Waals surface area (Å²) < 4.78 is 30.6. The number of hydrogen-bond acceptors (Lipinski definition) is 4. The predicted molar refractivity (Wildman–Crippen MR) is 87.7 cm³/mol. The van der Waals surface area contributed by atoms with Gasteiger partial charge in [-0.1, -0.05) is 77.3 Å². The fourth-order valence-electron chi connectivity index (χ4n) is 1.61. The molecular weight excluding hydrogens is 371 g/mol. The molecule has 0 radical (unpaired) electrons. The van der Waals surface area contributed by atoms with E-state index >= 15 is 0 Å². The van der Waals surface area contributed by atoms with Gasteiger partial charge in [0.25, 0.3) is 0 Å². The molecule has 0 fully saturated rings. The Hall–Kier alpha value is -0.980. The zero-order valence-electron chi connectivity index (χ0n) is 11.1. The zero-order valence-corrected chi connectivity index (χ0v) is 14.2. The van der Waals surface area contributed by atoms with Crippen molar-refractivity contribution in [2.24, 2.45) is 0 Å². The Morgan fingerprint density at radius 2 is 1.41 bits per heavy atom. The fourth-order valence-corrected chi connectivity index (χ4v) is 2.69. The van der Waals surface area contributed by atoms with Crippen LogP contribution in [0.4, 0.5) is 0 Å². The van der Waals surface area contributed by atoms with Crippen LogP contribution in [-0.4, -0.2) is 18.8 Å². The summed E-state index contributed by atoms with van der Waals surface area (Å²) in [5, 5.41) is 0. The van der Waals surface area contributed by atoms with Crippen molar-refractivity contribution in [3.63, 3.8) is 0 Å². The van der Waals surface area contributed by atoms with Crippen LogP contribution in [0.25, 0.3) is 11.1 Å². The second-order valence-corrected chi connectivity index (χ2v) is 7.99. The van der Waals surface area contributed by atoms with E-state index in [4.69, 9.17) is 39.0 Å². The molecule has 0 N–H and O–H groups in total. The van der Waals surface area contributed by atoms with Crippen LogP contribution in [0.2, 0.25) is 0 Å². The highest BCUT2D eigenvalue weighted by atomic mass is 35.6. The molecule has 8 heteroatoms. The first kappa shape index (κ1) is 17.4. The average Bonchev–Trinajstić information content (AvgIpc) is 2.46. The summed E-state index contributed by atoms with van der Waals surface area (Å²) in [5.74, 6) is 0.101. The Labute approximate surface area is 143 Å². The number of hydrogen-bond donors (Lipinski definition) is 0. The molecule has 0 amide bonds. The lowest BCUT2D eigenvalue weighted by Gasteiger charge is -2.11. The second kappa shape index (κ2) is 7.06. The Morgan fingerprint density at radius 3 is 1.95 bits per heavy atom. The SMILES string of the molecule is O=S(=O)(OCC(Cl)(Cl)Cl)Oc1ccc(-c2ccccc2)cc1. The van der Waals surface area contributed by atoms with Crippen LogP contribution in [0, 0.1) is 0 Å². The number of rotatable bonds is 5. The molecule has 0 saturated heterocycles. The van der Waals surface area contributed by atoms with E-state index < -0.39 is 20.8 Å². The average molecular weight is 382 g/mol. The van der Waals surface area contributed by atoms with E-state index in [0.717, 1.165) is 11.1 Å². The summed E-state index contributed by atoms with van der Waals surface area (Å²) in [7, 11) is -4.30. The van der Waals surface area contributed by atoms with Crippen LogP contribution in [0.3, 0.4) is 0 Å². The summed E-state index contributed by atoms with van der Waals surface area (Å²) in [6, 6.07) is 16.1. The molecule has 2 rings (SSSR count). The zero-order chi connectivity index (χ0) is 16.2. The topological polar surface area (TPSA) is 52.6 Å². The lowest BCUT2D eigenvalue weighted by atomic mass is 10.1. The minimum Gasteiger partial charge on any atom is -0.362 e. The van der Waals surface area contributed by atoms with Gasteiger partial charge in [0, 0.05) is 0 Å². The minimum absolute atomic E-state index is 0.101. The first-order chi connectivity index (χ1) is 10.3. The Morgan fingerprint density at radius 1 is 0.864 bits per heavy atom. The summed E-state index contributed by atoms with van der Waals surface area (Å²) in [6.45, 7) is -0.637. The monoisotopic (exact) mass is 380 g/mol. The van der Waals surface area contributed by atoms with Crippen molar-refractivity contribution < 1.29 is 16.8 Å². The number of alkyl halides is 3. The van der Waals surface area contributed by atoms with Crippen LogP contribution in [0.1, 0.15) is 0 Å². The van der Waals surface area contributed by atoms with Gasteiger partial charge < -0.3 is 4.18 Å². The third-order valence-electron chi connectivity index (χ3n) is 2.53. The van der Waals surface area contributed by atoms with E-state index in [1.807, 2.05) is 30.3 Å². The van der Waals surface area contributed by atoms with Gasteiger partial charge in [-0.2, -0.15) is 8.42 Å². The largest absolute Gasteiger partial charge is 0.449 e. The van der Waals surface area contributed by atoms with Crippen molar-refractivity contribution in [3.8, 4) is 16.9 Å². The molecule has 0 atom stereocenters. The van der Waals surface area contributed by atoms with Crippen LogP contribution in [-0.2, 0) is 14.6 Å². The van der Waals surface area contributed by atoms with E-state index in [1.165, 1.54) is 12.1 Å². The lowest BCUT2D eigenvalue weighted by Crippen LogP contribution is -2.21. The van der Waals surface area contributed by atoms with Crippen LogP contribution >= 0.6 is 34.8 Å². The van der Waals surface area contributed by atoms with Crippen LogP contribution in [0.15, 0.2) is 54.6 Å². The van der Waals surface area contributed by atoms with Crippen molar-refractivity contribution in [2.45, 2.75) is 3.79 Å². The van der Waals surface area contributed by atoms with E-state index in [0.29, 0.717) is 0 Å². The molecule has 0 aliphatic carbocycles. The van der Waals surface area contributed by atoms with Crippen molar-refractivity contribution >= 4 is 45.2 Å². The Balaban J connectivity index is 2.05. The highest BCUT2D eigenvalue weighted by molar-refractivity contribution is 7.82. The molecule has 0 heterocycles. The van der Waals surface area contributed by atoms with E-state index in [1.54, 1.807) is 12.1 Å². The molecule has 4 nitrogen and oxygen atoms in total. The van der Waals surface area contributed by atoms with Gasteiger partial charge in [-0.3, -0.25) is 0 Å².